The Bertz CT molecular complexity index is 663. The Kier molecular flexibility index (Phi) is 3.77. The zero-order chi connectivity index (χ0) is 13.7. The third-order valence-corrected chi connectivity index (χ3v) is 2.27. The molecule has 0 saturated carbocycles. The molecule has 2 N–H and O–H groups in total. The van der Waals surface area contributed by atoms with Gasteiger partial charge in [0.15, 0.2) is 0 Å². The Hall–Kier alpha value is -2.83. The molecule has 0 saturated heterocycles. The van der Waals surface area contributed by atoms with Crippen LogP contribution in [0.3, 0.4) is 0 Å². The van der Waals surface area contributed by atoms with Gasteiger partial charge in [-0.3, -0.25) is 14.6 Å². The summed E-state index contributed by atoms with van der Waals surface area (Å²) in [6.45, 7) is 1.54. The van der Waals surface area contributed by atoms with Crippen LogP contribution < -0.4 is 11.0 Å². The van der Waals surface area contributed by atoms with E-state index in [2.05, 4.69) is 25.7 Å². The molecule has 96 valence electrons. The summed E-state index contributed by atoms with van der Waals surface area (Å²) < 4.78 is 0. The molecular formula is C12H11N5O2. The molecule has 0 aliphatic carbocycles. The third kappa shape index (κ3) is 3.32. The van der Waals surface area contributed by atoms with Gasteiger partial charge < -0.3 is 0 Å². The Morgan fingerprint density at radius 3 is 2.74 bits per heavy atom. The Labute approximate surface area is 108 Å². The summed E-state index contributed by atoms with van der Waals surface area (Å²) in [5, 5.41) is 11.0. The third-order valence-electron chi connectivity index (χ3n) is 2.27. The number of aryl methyl sites for hydroxylation is 1. The lowest BCUT2D eigenvalue weighted by molar-refractivity contribution is 0.107. The van der Waals surface area contributed by atoms with Crippen LogP contribution in [0.1, 0.15) is 16.1 Å². The topological polar surface area (TPSA) is 100 Å². The highest BCUT2D eigenvalue weighted by Gasteiger charge is 2.01. The van der Waals surface area contributed by atoms with Crippen molar-refractivity contribution in [3.63, 3.8) is 0 Å². The maximum atomic E-state index is 11.7. The van der Waals surface area contributed by atoms with E-state index in [1.54, 1.807) is 24.3 Å². The van der Waals surface area contributed by atoms with Crippen molar-refractivity contribution in [2.75, 3.05) is 5.43 Å². The van der Waals surface area contributed by atoms with Crippen molar-refractivity contribution in [3.8, 4) is 0 Å². The number of Topliss-reactive ketones (excluding diaryl/α,β-unsaturated/α-hetero) is 1. The highest BCUT2D eigenvalue weighted by atomic mass is 16.1. The van der Waals surface area contributed by atoms with Crippen LogP contribution in [0.15, 0.2) is 40.2 Å². The summed E-state index contributed by atoms with van der Waals surface area (Å²) in [6, 6.07) is 8.71. The van der Waals surface area contributed by atoms with Gasteiger partial charge in [0.1, 0.15) is 5.69 Å². The van der Waals surface area contributed by atoms with Gasteiger partial charge >= 0.3 is 0 Å². The van der Waals surface area contributed by atoms with E-state index in [-0.39, 0.29) is 23.0 Å². The number of aromatic nitrogens is 3. The normalized spacial score (nSPS) is 10.6. The molecule has 1 aromatic carbocycles. The summed E-state index contributed by atoms with van der Waals surface area (Å²) in [4.78, 5) is 25.3. The van der Waals surface area contributed by atoms with Crippen molar-refractivity contribution >= 4 is 17.9 Å². The van der Waals surface area contributed by atoms with Crippen LogP contribution in [-0.2, 0) is 0 Å². The summed E-state index contributed by atoms with van der Waals surface area (Å²) in [7, 11) is 0. The molecule has 0 fully saturated rings. The van der Waals surface area contributed by atoms with E-state index in [1.165, 1.54) is 6.92 Å². The van der Waals surface area contributed by atoms with E-state index in [0.29, 0.717) is 5.56 Å². The fourth-order valence-corrected chi connectivity index (χ4v) is 1.27. The molecule has 0 radical (unpaired) electrons. The maximum Gasteiger partial charge on any atom is 0.274 e. The van der Waals surface area contributed by atoms with Gasteiger partial charge in [0, 0.05) is 5.56 Å². The standard InChI is InChI=1S/C12H11N5O2/c1-8-11(19)14-12(17-15-8)16-13-7-10(18)9-5-3-2-4-6-9/h2-7H,1H3,(H2,14,16,17,19)/b13-7+. The molecule has 1 aromatic heterocycles. The Balaban J connectivity index is 2.02. The van der Waals surface area contributed by atoms with Crippen LogP contribution in [-0.4, -0.2) is 27.2 Å². The number of hydrogen-bond acceptors (Lipinski definition) is 6. The summed E-state index contributed by atoms with van der Waals surface area (Å²) >= 11 is 0. The quantitative estimate of drug-likeness (QED) is 0.478. The largest absolute Gasteiger partial charge is 0.288 e. The van der Waals surface area contributed by atoms with E-state index in [1.807, 2.05) is 6.07 Å². The lowest BCUT2D eigenvalue weighted by atomic mass is 10.1. The van der Waals surface area contributed by atoms with Crippen molar-refractivity contribution in [2.24, 2.45) is 5.10 Å². The number of nitrogens with zero attached hydrogens (tertiary/aromatic N) is 3. The number of carbonyl (C=O) groups excluding carboxylic acids is 1. The second-order valence-electron chi connectivity index (χ2n) is 3.69. The molecule has 7 heteroatoms. The minimum absolute atomic E-state index is 0.0766. The molecule has 1 heterocycles. The average molecular weight is 257 g/mol. The predicted octanol–water partition coefficient (Wildman–Crippen LogP) is 0.754. The summed E-state index contributed by atoms with van der Waals surface area (Å²) in [6.07, 6.45) is 1.11. The Morgan fingerprint density at radius 2 is 2.05 bits per heavy atom. The van der Waals surface area contributed by atoms with Crippen LogP contribution in [0.4, 0.5) is 5.95 Å². The molecule has 0 amide bonds. The van der Waals surface area contributed by atoms with Crippen LogP contribution in [0, 0.1) is 6.92 Å². The number of H-pyrrole nitrogens is 1. The number of hydrogen-bond donors (Lipinski definition) is 2. The second kappa shape index (κ2) is 5.67. The first-order valence-electron chi connectivity index (χ1n) is 5.49. The lowest BCUT2D eigenvalue weighted by Gasteiger charge is -1.97. The van der Waals surface area contributed by atoms with Gasteiger partial charge in [0.05, 0.1) is 6.21 Å². The average Bonchev–Trinajstić information content (AvgIpc) is 2.43. The molecule has 0 unspecified atom stereocenters. The van der Waals surface area contributed by atoms with Crippen molar-refractivity contribution in [1.82, 2.24) is 15.2 Å². The molecule has 0 aliphatic heterocycles. The van der Waals surface area contributed by atoms with E-state index in [0.717, 1.165) is 6.21 Å². The van der Waals surface area contributed by atoms with Crippen LogP contribution in [0.5, 0.6) is 0 Å². The first-order chi connectivity index (χ1) is 9.16. The first-order valence-corrected chi connectivity index (χ1v) is 5.49. The van der Waals surface area contributed by atoms with Gasteiger partial charge in [-0.25, -0.2) is 5.43 Å². The van der Waals surface area contributed by atoms with E-state index < -0.39 is 0 Å². The van der Waals surface area contributed by atoms with E-state index >= 15 is 0 Å². The molecule has 0 spiro atoms. The number of anilines is 1. The SMILES string of the molecule is Cc1nnc(N/N=C/C(=O)c2ccccc2)[nH]c1=O. The minimum atomic E-state index is -0.359. The van der Waals surface area contributed by atoms with Crippen molar-refractivity contribution in [1.29, 1.82) is 0 Å². The van der Waals surface area contributed by atoms with Gasteiger partial charge in [-0.2, -0.15) is 5.10 Å². The van der Waals surface area contributed by atoms with Crippen LogP contribution in [0.25, 0.3) is 0 Å². The zero-order valence-electron chi connectivity index (χ0n) is 10.1. The van der Waals surface area contributed by atoms with Gasteiger partial charge in [-0.15, -0.1) is 10.2 Å². The highest BCUT2D eigenvalue weighted by molar-refractivity contribution is 6.35. The summed E-state index contributed by atoms with van der Waals surface area (Å²) in [5.74, 6) is -0.178. The first kappa shape index (κ1) is 12.6. The number of rotatable bonds is 4. The minimum Gasteiger partial charge on any atom is -0.288 e. The molecule has 19 heavy (non-hydrogen) atoms. The number of aromatic amines is 1. The van der Waals surface area contributed by atoms with Gasteiger partial charge in [-0.05, 0) is 6.92 Å². The van der Waals surface area contributed by atoms with Crippen molar-refractivity contribution in [2.45, 2.75) is 6.92 Å². The molecule has 0 bridgehead atoms. The summed E-state index contributed by atoms with van der Waals surface area (Å²) in [5.41, 5.74) is 2.86. The number of hydrazone groups is 1. The number of nitrogens with one attached hydrogen (secondary N) is 2. The van der Waals surface area contributed by atoms with Gasteiger partial charge in [0.2, 0.25) is 11.7 Å². The smallest absolute Gasteiger partial charge is 0.274 e. The van der Waals surface area contributed by atoms with Crippen molar-refractivity contribution < 1.29 is 4.79 Å². The number of benzene rings is 1. The number of carbonyl (C=O) groups is 1. The Morgan fingerprint density at radius 1 is 1.32 bits per heavy atom. The molecule has 7 nitrogen and oxygen atoms in total. The van der Waals surface area contributed by atoms with Crippen LogP contribution in [0.2, 0.25) is 0 Å². The molecule has 2 rings (SSSR count). The monoisotopic (exact) mass is 257 g/mol. The molecule has 2 aromatic rings. The fraction of sp³-hybridized carbons (Fsp3) is 0.0833. The lowest BCUT2D eigenvalue weighted by Crippen LogP contribution is -2.15. The zero-order valence-corrected chi connectivity index (χ0v) is 10.1. The van der Waals surface area contributed by atoms with Gasteiger partial charge in [0.25, 0.3) is 5.56 Å². The van der Waals surface area contributed by atoms with Crippen LogP contribution >= 0.6 is 0 Å². The van der Waals surface area contributed by atoms with Gasteiger partial charge in [-0.1, -0.05) is 30.3 Å². The second-order valence-corrected chi connectivity index (χ2v) is 3.69. The van der Waals surface area contributed by atoms with Crippen molar-refractivity contribution in [3.05, 3.63) is 51.9 Å². The fourth-order valence-electron chi connectivity index (χ4n) is 1.27. The molecule has 0 atom stereocenters. The molecule has 0 aliphatic rings. The maximum absolute atomic E-state index is 11.7. The molecular weight excluding hydrogens is 246 g/mol. The predicted molar refractivity (Wildman–Crippen MR) is 70.3 cm³/mol. The highest BCUT2D eigenvalue weighted by Crippen LogP contribution is 1.98. The van der Waals surface area contributed by atoms with E-state index in [9.17, 15) is 9.59 Å². The van der Waals surface area contributed by atoms with E-state index in [4.69, 9.17) is 0 Å². The number of ketones is 1.